The molecule has 2 heteroatoms. The summed E-state index contributed by atoms with van der Waals surface area (Å²) in [4.78, 5) is 0.228. The van der Waals surface area contributed by atoms with Crippen molar-refractivity contribution in [2.75, 3.05) is 0 Å². The smallest absolute Gasteiger partial charge is 0.0658 e. The summed E-state index contributed by atoms with van der Waals surface area (Å²) >= 11 is 7.48. The molecule has 0 spiro atoms. The highest BCUT2D eigenvalue weighted by atomic mass is 79.9. The molecule has 0 aromatic heterocycles. The molecule has 0 saturated carbocycles. The van der Waals surface area contributed by atoms with Gasteiger partial charge in [0.2, 0.25) is 0 Å². The molecule has 1 atom stereocenters. The number of hydrogen-bond donors (Lipinski definition) is 0. The fraction of sp³-hybridized carbons (Fsp3) is 0.250. The molecule has 0 heterocycles. The summed E-state index contributed by atoms with van der Waals surface area (Å²) in [6.07, 6.45) is 0. The van der Waals surface area contributed by atoms with E-state index in [1.54, 1.807) is 0 Å². The first kappa shape index (κ1) is 13.8. The normalized spacial score (nSPS) is 12.5. The van der Waals surface area contributed by atoms with Gasteiger partial charge >= 0.3 is 0 Å². The van der Waals surface area contributed by atoms with Crippen LogP contribution in [0, 0.1) is 20.8 Å². The lowest BCUT2D eigenvalue weighted by atomic mass is 9.97. The summed E-state index contributed by atoms with van der Waals surface area (Å²) in [5.41, 5.74) is 6.51. The Balaban J connectivity index is 2.50. The van der Waals surface area contributed by atoms with Crippen molar-refractivity contribution in [1.82, 2.24) is 0 Å². The third kappa shape index (κ3) is 2.86. The Morgan fingerprint density at radius 2 is 1.39 bits per heavy atom. The van der Waals surface area contributed by atoms with Gasteiger partial charge in [-0.25, -0.2) is 0 Å². The zero-order valence-electron chi connectivity index (χ0n) is 10.8. The maximum atomic E-state index is 3.83. The van der Waals surface area contributed by atoms with E-state index in [2.05, 4.69) is 89.0 Å². The molecular formula is C16H16Br2. The molecule has 0 N–H and O–H groups in total. The Morgan fingerprint density at radius 3 is 2.06 bits per heavy atom. The number of halogens is 2. The zero-order valence-corrected chi connectivity index (χ0v) is 14.0. The fourth-order valence-corrected chi connectivity index (χ4v) is 3.71. The highest BCUT2D eigenvalue weighted by Crippen LogP contribution is 2.37. The van der Waals surface area contributed by atoms with Crippen LogP contribution in [0.4, 0.5) is 0 Å². The van der Waals surface area contributed by atoms with Crippen molar-refractivity contribution in [3.05, 3.63) is 68.7 Å². The molecule has 0 aliphatic carbocycles. The van der Waals surface area contributed by atoms with Gasteiger partial charge in [-0.2, -0.15) is 0 Å². The average molecular weight is 368 g/mol. The van der Waals surface area contributed by atoms with Gasteiger partial charge < -0.3 is 0 Å². The van der Waals surface area contributed by atoms with Gasteiger partial charge in [-0.3, -0.25) is 0 Å². The minimum absolute atomic E-state index is 0.228. The fourth-order valence-electron chi connectivity index (χ4n) is 2.06. The molecule has 0 aliphatic heterocycles. The zero-order chi connectivity index (χ0) is 13.3. The predicted octanol–water partition coefficient (Wildman–Crippen LogP) is 5.86. The molecule has 0 bridgehead atoms. The van der Waals surface area contributed by atoms with E-state index in [9.17, 15) is 0 Å². The quantitative estimate of drug-likeness (QED) is 0.583. The van der Waals surface area contributed by atoms with Crippen LogP contribution in [0.15, 0.2) is 40.9 Å². The SMILES string of the molecule is Cc1ccc(C)c(C(Br)c2cc(C)ccc2Br)c1. The first-order valence-corrected chi connectivity index (χ1v) is 7.67. The van der Waals surface area contributed by atoms with E-state index in [-0.39, 0.29) is 4.83 Å². The van der Waals surface area contributed by atoms with E-state index in [1.807, 2.05) is 0 Å². The van der Waals surface area contributed by atoms with E-state index in [0.717, 1.165) is 4.47 Å². The molecule has 18 heavy (non-hydrogen) atoms. The van der Waals surface area contributed by atoms with Gasteiger partial charge in [0, 0.05) is 4.47 Å². The number of benzene rings is 2. The summed E-state index contributed by atoms with van der Waals surface area (Å²) < 4.78 is 1.15. The summed E-state index contributed by atoms with van der Waals surface area (Å²) in [6, 6.07) is 13.1. The molecule has 2 aromatic carbocycles. The maximum Gasteiger partial charge on any atom is 0.0658 e. The third-order valence-electron chi connectivity index (χ3n) is 3.13. The first-order valence-electron chi connectivity index (χ1n) is 5.96. The average Bonchev–Trinajstić information content (AvgIpc) is 2.34. The molecule has 0 fully saturated rings. The summed E-state index contributed by atoms with van der Waals surface area (Å²) in [7, 11) is 0. The molecule has 0 amide bonds. The predicted molar refractivity (Wildman–Crippen MR) is 85.6 cm³/mol. The van der Waals surface area contributed by atoms with E-state index < -0.39 is 0 Å². The minimum Gasteiger partial charge on any atom is -0.0786 e. The van der Waals surface area contributed by atoms with Crippen molar-refractivity contribution in [3.63, 3.8) is 0 Å². The van der Waals surface area contributed by atoms with Crippen LogP contribution in [0.2, 0.25) is 0 Å². The molecule has 94 valence electrons. The second-order valence-corrected chi connectivity index (χ2v) is 6.52. The van der Waals surface area contributed by atoms with Crippen molar-refractivity contribution in [2.24, 2.45) is 0 Å². The molecule has 1 unspecified atom stereocenters. The monoisotopic (exact) mass is 366 g/mol. The Bertz CT molecular complexity index is 522. The third-order valence-corrected chi connectivity index (χ3v) is 4.84. The second-order valence-electron chi connectivity index (χ2n) is 4.75. The Kier molecular flexibility index (Phi) is 4.29. The largest absolute Gasteiger partial charge is 0.0786 e. The van der Waals surface area contributed by atoms with Gasteiger partial charge in [-0.1, -0.05) is 73.3 Å². The summed E-state index contributed by atoms with van der Waals surface area (Å²) in [5.74, 6) is 0. The van der Waals surface area contributed by atoms with Gasteiger partial charge in [0.05, 0.1) is 4.83 Å². The minimum atomic E-state index is 0.228. The molecule has 0 aliphatic rings. The van der Waals surface area contributed by atoms with Crippen LogP contribution in [0.1, 0.15) is 32.6 Å². The van der Waals surface area contributed by atoms with Crippen molar-refractivity contribution < 1.29 is 0 Å². The summed E-state index contributed by atoms with van der Waals surface area (Å²) in [5, 5.41) is 0. The summed E-state index contributed by atoms with van der Waals surface area (Å²) in [6.45, 7) is 6.42. The molecule has 0 saturated heterocycles. The van der Waals surface area contributed by atoms with Gasteiger partial charge in [0.25, 0.3) is 0 Å². The lowest BCUT2D eigenvalue weighted by molar-refractivity contribution is 1.12. The first-order chi connectivity index (χ1) is 8.49. The molecule has 0 radical (unpaired) electrons. The number of hydrogen-bond acceptors (Lipinski definition) is 0. The van der Waals surface area contributed by atoms with E-state index >= 15 is 0 Å². The number of alkyl halides is 1. The van der Waals surface area contributed by atoms with Crippen LogP contribution in [-0.4, -0.2) is 0 Å². The molecular weight excluding hydrogens is 352 g/mol. The van der Waals surface area contributed by atoms with Crippen LogP contribution in [0.5, 0.6) is 0 Å². The molecule has 2 aromatic rings. The van der Waals surface area contributed by atoms with Crippen LogP contribution in [-0.2, 0) is 0 Å². The number of aryl methyl sites for hydroxylation is 3. The Hall–Kier alpha value is -0.600. The van der Waals surface area contributed by atoms with Crippen molar-refractivity contribution in [3.8, 4) is 0 Å². The molecule has 0 nitrogen and oxygen atoms in total. The highest BCUT2D eigenvalue weighted by Gasteiger charge is 2.15. The topological polar surface area (TPSA) is 0 Å². The van der Waals surface area contributed by atoms with Gasteiger partial charge in [0.15, 0.2) is 0 Å². The standard InChI is InChI=1S/C16H16Br2/c1-10-4-6-12(3)13(8-10)16(18)14-9-11(2)5-7-15(14)17/h4-9,16H,1-3H3. The van der Waals surface area contributed by atoms with Gasteiger partial charge in [-0.05, 0) is 43.5 Å². The second kappa shape index (κ2) is 5.58. The van der Waals surface area contributed by atoms with Gasteiger partial charge in [0.1, 0.15) is 0 Å². The van der Waals surface area contributed by atoms with E-state index in [1.165, 1.54) is 27.8 Å². The van der Waals surface area contributed by atoms with Crippen LogP contribution in [0.25, 0.3) is 0 Å². The lowest BCUT2D eigenvalue weighted by Gasteiger charge is -2.16. The van der Waals surface area contributed by atoms with Crippen LogP contribution in [0.3, 0.4) is 0 Å². The van der Waals surface area contributed by atoms with Crippen molar-refractivity contribution >= 4 is 31.9 Å². The van der Waals surface area contributed by atoms with E-state index in [0.29, 0.717) is 0 Å². The maximum absolute atomic E-state index is 3.83. The van der Waals surface area contributed by atoms with Crippen LogP contribution >= 0.6 is 31.9 Å². The van der Waals surface area contributed by atoms with Crippen LogP contribution < -0.4 is 0 Å². The van der Waals surface area contributed by atoms with Crippen molar-refractivity contribution in [2.45, 2.75) is 25.6 Å². The number of rotatable bonds is 2. The van der Waals surface area contributed by atoms with E-state index in [4.69, 9.17) is 0 Å². The van der Waals surface area contributed by atoms with Crippen molar-refractivity contribution in [1.29, 1.82) is 0 Å². The van der Waals surface area contributed by atoms with Gasteiger partial charge in [-0.15, -0.1) is 0 Å². The Labute approximate surface area is 126 Å². The Morgan fingerprint density at radius 1 is 0.833 bits per heavy atom. The lowest BCUT2D eigenvalue weighted by Crippen LogP contribution is -1.98. The highest BCUT2D eigenvalue weighted by molar-refractivity contribution is 9.11. The molecule has 2 rings (SSSR count).